The van der Waals surface area contributed by atoms with Crippen molar-refractivity contribution < 1.29 is 4.79 Å². The van der Waals surface area contributed by atoms with Gasteiger partial charge in [0.15, 0.2) is 0 Å². The van der Waals surface area contributed by atoms with Gasteiger partial charge in [-0.25, -0.2) is 0 Å². The van der Waals surface area contributed by atoms with Crippen molar-refractivity contribution in [3.05, 3.63) is 95.6 Å². The highest BCUT2D eigenvalue weighted by atomic mass is 32.2. The van der Waals surface area contributed by atoms with Gasteiger partial charge >= 0.3 is 0 Å². The molecule has 0 aromatic heterocycles. The van der Waals surface area contributed by atoms with Crippen LogP contribution in [0, 0.1) is 0 Å². The maximum absolute atomic E-state index is 12.7. The Balaban J connectivity index is 1.97. The highest BCUT2D eigenvalue weighted by Crippen LogP contribution is 2.46. The zero-order valence-electron chi connectivity index (χ0n) is 11.9. The van der Waals surface area contributed by atoms with Crippen LogP contribution in [0.5, 0.6) is 0 Å². The quantitative estimate of drug-likeness (QED) is 0.604. The summed E-state index contributed by atoms with van der Waals surface area (Å²) in [5.41, 5.74) is 5.37. The van der Waals surface area contributed by atoms with E-state index in [-0.39, 0.29) is 10.4 Å². The van der Waals surface area contributed by atoms with Crippen molar-refractivity contribution in [1.82, 2.24) is 0 Å². The van der Waals surface area contributed by atoms with E-state index < -0.39 is 0 Å². The molecule has 1 nitrogen and oxygen atoms in total. The van der Waals surface area contributed by atoms with Crippen molar-refractivity contribution >= 4 is 16.9 Å². The zero-order valence-corrected chi connectivity index (χ0v) is 12.7. The first-order chi connectivity index (χ1) is 10.8. The number of carbonyl (C=O) groups is 1. The van der Waals surface area contributed by atoms with Crippen molar-refractivity contribution in [3.8, 4) is 11.1 Å². The minimum absolute atomic E-state index is 0.0392. The van der Waals surface area contributed by atoms with E-state index >= 15 is 0 Å². The molecule has 1 aliphatic heterocycles. The first kappa shape index (κ1) is 13.4. The van der Waals surface area contributed by atoms with Crippen molar-refractivity contribution in [1.29, 1.82) is 0 Å². The van der Waals surface area contributed by atoms with Gasteiger partial charge in [0.2, 0.25) is 5.12 Å². The average molecular weight is 302 g/mol. The monoisotopic (exact) mass is 302 g/mol. The van der Waals surface area contributed by atoms with E-state index in [4.69, 9.17) is 0 Å². The standard InChI is InChI=1S/C20H14OS/c21-20-18-13-7-5-11-16(18)15-10-4-6-12-17(15)19(22-20)14-8-2-1-3-9-14/h1-13,19H. The van der Waals surface area contributed by atoms with Crippen LogP contribution in [-0.2, 0) is 0 Å². The van der Waals surface area contributed by atoms with Crippen LogP contribution in [0.3, 0.4) is 0 Å². The molecule has 0 aliphatic carbocycles. The lowest BCUT2D eigenvalue weighted by molar-refractivity contribution is 0.108. The van der Waals surface area contributed by atoms with Crippen molar-refractivity contribution in [3.63, 3.8) is 0 Å². The molecule has 4 rings (SSSR count). The lowest BCUT2D eigenvalue weighted by atomic mass is 9.92. The molecule has 2 heteroatoms. The summed E-state index contributed by atoms with van der Waals surface area (Å²) in [7, 11) is 0. The predicted octanol–water partition coefficient (Wildman–Crippen LogP) is 5.33. The second-order valence-electron chi connectivity index (χ2n) is 5.33. The van der Waals surface area contributed by atoms with Crippen LogP contribution < -0.4 is 0 Å². The van der Waals surface area contributed by atoms with Gasteiger partial charge < -0.3 is 0 Å². The number of fused-ring (bicyclic) bond motifs is 3. The van der Waals surface area contributed by atoms with Crippen LogP contribution in [0.25, 0.3) is 11.1 Å². The van der Waals surface area contributed by atoms with Gasteiger partial charge in [-0.15, -0.1) is 0 Å². The molecule has 3 aromatic rings. The second kappa shape index (κ2) is 5.47. The van der Waals surface area contributed by atoms with E-state index in [9.17, 15) is 4.79 Å². The van der Waals surface area contributed by atoms with Gasteiger partial charge in [0.25, 0.3) is 0 Å². The van der Waals surface area contributed by atoms with Crippen LogP contribution in [0.4, 0.5) is 0 Å². The molecule has 0 N–H and O–H groups in total. The zero-order chi connectivity index (χ0) is 14.9. The van der Waals surface area contributed by atoms with Crippen molar-refractivity contribution in [2.24, 2.45) is 0 Å². The Morgan fingerprint density at radius 1 is 0.636 bits per heavy atom. The van der Waals surface area contributed by atoms with Gasteiger partial charge in [-0.05, 0) is 28.3 Å². The van der Waals surface area contributed by atoms with Crippen LogP contribution in [0.1, 0.15) is 26.7 Å². The molecule has 1 unspecified atom stereocenters. The summed E-state index contributed by atoms with van der Waals surface area (Å²) < 4.78 is 0. The molecule has 1 heterocycles. The fourth-order valence-electron chi connectivity index (χ4n) is 2.98. The third kappa shape index (κ3) is 2.16. The normalized spacial score (nSPS) is 16.5. The Morgan fingerprint density at radius 2 is 1.23 bits per heavy atom. The second-order valence-corrected chi connectivity index (χ2v) is 6.41. The van der Waals surface area contributed by atoms with E-state index in [0.717, 1.165) is 16.7 Å². The van der Waals surface area contributed by atoms with Gasteiger partial charge in [-0.1, -0.05) is 84.6 Å². The van der Waals surface area contributed by atoms with Gasteiger partial charge in [-0.3, -0.25) is 4.79 Å². The summed E-state index contributed by atoms with van der Waals surface area (Å²) in [5.74, 6) is 0. The Kier molecular flexibility index (Phi) is 3.32. The molecule has 22 heavy (non-hydrogen) atoms. The molecule has 0 saturated carbocycles. The highest BCUT2D eigenvalue weighted by molar-refractivity contribution is 8.14. The molecule has 0 radical (unpaired) electrons. The largest absolute Gasteiger partial charge is 0.282 e. The molecule has 0 spiro atoms. The topological polar surface area (TPSA) is 17.1 Å². The number of benzene rings is 3. The van der Waals surface area contributed by atoms with E-state index in [1.165, 1.54) is 22.9 Å². The van der Waals surface area contributed by atoms with Crippen LogP contribution in [0.2, 0.25) is 0 Å². The van der Waals surface area contributed by atoms with E-state index in [2.05, 4.69) is 24.3 Å². The Bertz CT molecular complexity index is 839. The molecular formula is C20H14OS. The summed E-state index contributed by atoms with van der Waals surface area (Å²) >= 11 is 1.41. The summed E-state index contributed by atoms with van der Waals surface area (Å²) in [4.78, 5) is 12.7. The third-order valence-electron chi connectivity index (χ3n) is 4.01. The summed E-state index contributed by atoms with van der Waals surface area (Å²) in [6.07, 6.45) is 0. The molecule has 0 bridgehead atoms. The van der Waals surface area contributed by atoms with Crippen LogP contribution in [-0.4, -0.2) is 5.12 Å². The fraction of sp³-hybridized carbons (Fsp3) is 0.0500. The minimum atomic E-state index is 0.0392. The van der Waals surface area contributed by atoms with E-state index in [0.29, 0.717) is 0 Å². The number of hydrogen-bond donors (Lipinski definition) is 0. The molecule has 1 atom stereocenters. The average Bonchev–Trinajstić information content (AvgIpc) is 2.72. The van der Waals surface area contributed by atoms with Gasteiger partial charge in [-0.2, -0.15) is 0 Å². The molecule has 1 aliphatic rings. The maximum atomic E-state index is 12.7. The summed E-state index contributed by atoms with van der Waals surface area (Å²) in [6, 6.07) is 26.5. The summed E-state index contributed by atoms with van der Waals surface area (Å²) in [6.45, 7) is 0. The number of rotatable bonds is 1. The first-order valence-electron chi connectivity index (χ1n) is 7.29. The molecule has 0 amide bonds. The third-order valence-corrected chi connectivity index (χ3v) is 5.20. The number of carbonyl (C=O) groups excluding carboxylic acids is 1. The minimum Gasteiger partial charge on any atom is -0.282 e. The molecule has 106 valence electrons. The van der Waals surface area contributed by atoms with Crippen molar-refractivity contribution in [2.45, 2.75) is 5.25 Å². The van der Waals surface area contributed by atoms with Gasteiger partial charge in [0, 0.05) is 5.56 Å². The molecular weight excluding hydrogens is 288 g/mol. The van der Waals surface area contributed by atoms with E-state index in [1.54, 1.807) is 0 Å². The number of hydrogen-bond acceptors (Lipinski definition) is 2. The Hall–Kier alpha value is -2.32. The highest BCUT2D eigenvalue weighted by Gasteiger charge is 2.28. The maximum Gasteiger partial charge on any atom is 0.220 e. The smallest absolute Gasteiger partial charge is 0.220 e. The Labute approximate surface area is 134 Å². The molecule has 0 fully saturated rings. The van der Waals surface area contributed by atoms with Crippen molar-refractivity contribution in [2.75, 3.05) is 0 Å². The van der Waals surface area contributed by atoms with Crippen LogP contribution in [0.15, 0.2) is 78.9 Å². The molecule has 0 saturated heterocycles. The fourth-order valence-corrected chi connectivity index (χ4v) is 4.12. The lowest BCUT2D eigenvalue weighted by Crippen LogP contribution is -1.99. The first-order valence-corrected chi connectivity index (χ1v) is 8.17. The molecule has 3 aromatic carbocycles. The van der Waals surface area contributed by atoms with Crippen LogP contribution >= 0.6 is 11.8 Å². The number of thioether (sulfide) groups is 1. The van der Waals surface area contributed by atoms with Gasteiger partial charge in [0.1, 0.15) is 0 Å². The van der Waals surface area contributed by atoms with Gasteiger partial charge in [0.05, 0.1) is 5.25 Å². The predicted molar refractivity (Wildman–Crippen MR) is 92.1 cm³/mol. The lowest BCUT2D eigenvalue weighted by Gasteiger charge is -2.16. The van der Waals surface area contributed by atoms with E-state index in [1.807, 2.05) is 54.6 Å². The Morgan fingerprint density at radius 3 is 2.00 bits per heavy atom. The summed E-state index contributed by atoms with van der Waals surface area (Å²) in [5, 5.41) is 0.179. The SMILES string of the molecule is O=C1SC(c2ccccc2)c2ccccc2-c2ccccc21.